The van der Waals surface area contributed by atoms with Crippen molar-refractivity contribution in [1.82, 2.24) is 4.90 Å². The summed E-state index contributed by atoms with van der Waals surface area (Å²) >= 11 is 0. The zero-order valence-electron chi connectivity index (χ0n) is 8.12. The minimum atomic E-state index is -0.457. The maximum Gasteiger partial charge on any atom is 0.114 e. The van der Waals surface area contributed by atoms with E-state index in [0.29, 0.717) is 6.42 Å². The molecule has 1 heterocycles. The highest BCUT2D eigenvalue weighted by molar-refractivity contribution is 5.05. The molecule has 1 rings (SSSR count). The van der Waals surface area contributed by atoms with Gasteiger partial charge in [-0.3, -0.25) is 4.90 Å². The third-order valence-corrected chi connectivity index (χ3v) is 2.06. The van der Waals surface area contributed by atoms with Gasteiger partial charge in [-0.25, -0.2) is 0 Å². The number of ether oxygens (including phenoxy) is 1. The lowest BCUT2D eigenvalue weighted by molar-refractivity contribution is 0.0443. The lowest BCUT2D eigenvalue weighted by Gasteiger charge is -2.24. The van der Waals surface area contributed by atoms with Crippen molar-refractivity contribution < 1.29 is 9.84 Å². The summed E-state index contributed by atoms with van der Waals surface area (Å²) in [4.78, 5) is 2.24. The van der Waals surface area contributed by atoms with Crippen molar-refractivity contribution in [2.24, 2.45) is 0 Å². The lowest BCUT2D eigenvalue weighted by atomic mass is 10.3. The van der Waals surface area contributed by atoms with E-state index in [0.717, 1.165) is 32.8 Å². The monoisotopic (exact) mass is 183 g/mol. The Balaban J connectivity index is 2.18. The van der Waals surface area contributed by atoms with Crippen LogP contribution in [0.3, 0.4) is 0 Å². The van der Waals surface area contributed by atoms with Crippen LogP contribution >= 0.6 is 0 Å². The summed E-state index contributed by atoms with van der Waals surface area (Å²) in [6, 6.07) is 0. The summed E-state index contributed by atoms with van der Waals surface area (Å²) in [5.41, 5.74) is 0. The molecule has 74 valence electrons. The van der Waals surface area contributed by atoms with E-state index in [1.165, 1.54) is 0 Å². The summed E-state index contributed by atoms with van der Waals surface area (Å²) in [7, 11) is 0. The molecular formula is C10H17NO2. The molecule has 0 aromatic rings. The molecule has 0 amide bonds. The quantitative estimate of drug-likeness (QED) is 0.616. The van der Waals surface area contributed by atoms with Gasteiger partial charge in [0.25, 0.3) is 0 Å². The number of nitrogens with zero attached hydrogens (tertiary/aromatic N) is 1. The van der Waals surface area contributed by atoms with Crippen molar-refractivity contribution in [3.05, 3.63) is 0 Å². The molecule has 1 fully saturated rings. The lowest BCUT2D eigenvalue weighted by Crippen LogP contribution is -2.36. The van der Waals surface area contributed by atoms with Gasteiger partial charge in [-0.15, -0.1) is 0 Å². The molecule has 3 heteroatoms. The predicted octanol–water partition coefficient (Wildman–Crippen LogP) is 0.0929. The Bertz CT molecular complexity index is 189. The fourth-order valence-electron chi connectivity index (χ4n) is 1.14. The van der Waals surface area contributed by atoms with Crippen LogP contribution < -0.4 is 0 Å². The van der Waals surface area contributed by atoms with E-state index in [1.54, 1.807) is 0 Å². The second kappa shape index (κ2) is 5.98. The van der Waals surface area contributed by atoms with E-state index in [2.05, 4.69) is 16.7 Å². The Morgan fingerprint density at radius 2 is 2.15 bits per heavy atom. The number of morpholine rings is 1. The molecule has 1 N–H and O–H groups in total. The first kappa shape index (κ1) is 10.5. The van der Waals surface area contributed by atoms with Crippen LogP contribution in [0.2, 0.25) is 0 Å². The molecule has 0 bridgehead atoms. The third-order valence-electron chi connectivity index (χ3n) is 2.06. The smallest absolute Gasteiger partial charge is 0.114 e. The van der Waals surface area contributed by atoms with Crippen molar-refractivity contribution in [3.63, 3.8) is 0 Å². The molecule has 0 aromatic carbocycles. The van der Waals surface area contributed by atoms with Crippen molar-refractivity contribution >= 4 is 0 Å². The van der Waals surface area contributed by atoms with Gasteiger partial charge in [0.2, 0.25) is 0 Å². The topological polar surface area (TPSA) is 32.7 Å². The summed E-state index contributed by atoms with van der Waals surface area (Å²) in [5, 5.41) is 9.17. The van der Waals surface area contributed by atoms with Gasteiger partial charge in [-0.05, 0) is 6.42 Å². The zero-order chi connectivity index (χ0) is 9.52. The molecule has 0 aliphatic carbocycles. The largest absolute Gasteiger partial charge is 0.380 e. The number of aliphatic hydroxyl groups excluding tert-OH is 1. The second-order valence-corrected chi connectivity index (χ2v) is 3.13. The third kappa shape index (κ3) is 4.28. The van der Waals surface area contributed by atoms with Crippen LogP contribution in [0.4, 0.5) is 0 Å². The van der Waals surface area contributed by atoms with Gasteiger partial charge in [-0.2, -0.15) is 0 Å². The standard InChI is InChI=1S/C10H17NO2/c1-2-10(12)4-3-5-11-6-8-13-9-7-11/h10,12H,2,5-9H2,1H3. The molecule has 1 unspecified atom stereocenters. The van der Waals surface area contributed by atoms with Crippen LogP contribution in [0.1, 0.15) is 13.3 Å². The van der Waals surface area contributed by atoms with E-state index < -0.39 is 6.10 Å². The highest BCUT2D eigenvalue weighted by atomic mass is 16.5. The van der Waals surface area contributed by atoms with E-state index in [-0.39, 0.29) is 0 Å². The number of rotatable bonds is 2. The maximum atomic E-state index is 9.17. The predicted molar refractivity (Wildman–Crippen MR) is 51.3 cm³/mol. The Labute approximate surface area is 79.7 Å². The van der Waals surface area contributed by atoms with E-state index in [9.17, 15) is 5.11 Å². The first-order chi connectivity index (χ1) is 6.33. The second-order valence-electron chi connectivity index (χ2n) is 3.13. The first-order valence-corrected chi connectivity index (χ1v) is 4.79. The van der Waals surface area contributed by atoms with E-state index in [1.807, 2.05) is 6.92 Å². The normalized spacial score (nSPS) is 20.5. The highest BCUT2D eigenvalue weighted by Crippen LogP contribution is 1.94. The van der Waals surface area contributed by atoms with Crippen molar-refractivity contribution in [3.8, 4) is 11.8 Å². The first-order valence-electron chi connectivity index (χ1n) is 4.79. The van der Waals surface area contributed by atoms with E-state index >= 15 is 0 Å². The number of aliphatic hydroxyl groups is 1. The van der Waals surface area contributed by atoms with Gasteiger partial charge in [0.15, 0.2) is 0 Å². The van der Waals surface area contributed by atoms with Gasteiger partial charge in [0.05, 0.1) is 19.8 Å². The molecule has 0 aromatic heterocycles. The minimum Gasteiger partial charge on any atom is -0.380 e. The Hall–Kier alpha value is -0.560. The molecule has 3 nitrogen and oxygen atoms in total. The molecule has 0 radical (unpaired) electrons. The van der Waals surface area contributed by atoms with Crippen LogP contribution in [-0.4, -0.2) is 49.0 Å². The fraction of sp³-hybridized carbons (Fsp3) is 0.800. The van der Waals surface area contributed by atoms with Crippen LogP contribution in [-0.2, 0) is 4.74 Å². The van der Waals surface area contributed by atoms with Gasteiger partial charge >= 0.3 is 0 Å². The van der Waals surface area contributed by atoms with Crippen molar-refractivity contribution in [2.45, 2.75) is 19.4 Å². The van der Waals surface area contributed by atoms with Gasteiger partial charge < -0.3 is 9.84 Å². The van der Waals surface area contributed by atoms with Gasteiger partial charge in [0, 0.05) is 13.1 Å². The zero-order valence-corrected chi connectivity index (χ0v) is 8.12. The van der Waals surface area contributed by atoms with E-state index in [4.69, 9.17) is 4.74 Å². The molecule has 1 aliphatic heterocycles. The average Bonchev–Trinajstić information content (AvgIpc) is 2.19. The van der Waals surface area contributed by atoms with Crippen LogP contribution in [0.15, 0.2) is 0 Å². The average molecular weight is 183 g/mol. The van der Waals surface area contributed by atoms with Crippen LogP contribution in [0.25, 0.3) is 0 Å². The maximum absolute atomic E-state index is 9.17. The Morgan fingerprint density at radius 1 is 1.46 bits per heavy atom. The summed E-state index contributed by atoms with van der Waals surface area (Å²) in [5.74, 6) is 5.78. The Kier molecular flexibility index (Phi) is 4.84. The van der Waals surface area contributed by atoms with Gasteiger partial charge in [-0.1, -0.05) is 18.8 Å². The SMILES string of the molecule is CCC(O)C#CCN1CCOCC1. The minimum absolute atomic E-state index is 0.457. The molecule has 1 saturated heterocycles. The highest BCUT2D eigenvalue weighted by Gasteiger charge is 2.07. The number of hydrogen-bond acceptors (Lipinski definition) is 3. The summed E-state index contributed by atoms with van der Waals surface area (Å²) < 4.78 is 5.21. The summed E-state index contributed by atoms with van der Waals surface area (Å²) in [6.45, 7) is 6.19. The molecule has 1 aliphatic rings. The van der Waals surface area contributed by atoms with Gasteiger partial charge in [0.1, 0.15) is 6.10 Å². The Morgan fingerprint density at radius 3 is 2.77 bits per heavy atom. The van der Waals surface area contributed by atoms with Crippen molar-refractivity contribution in [1.29, 1.82) is 0 Å². The molecule has 0 saturated carbocycles. The molecule has 1 atom stereocenters. The van der Waals surface area contributed by atoms with Crippen molar-refractivity contribution in [2.75, 3.05) is 32.8 Å². The van der Waals surface area contributed by atoms with Crippen LogP contribution in [0.5, 0.6) is 0 Å². The molecular weight excluding hydrogens is 166 g/mol. The number of hydrogen-bond donors (Lipinski definition) is 1. The molecule has 0 spiro atoms. The van der Waals surface area contributed by atoms with Crippen LogP contribution in [0, 0.1) is 11.8 Å². The summed E-state index contributed by atoms with van der Waals surface area (Å²) in [6.07, 6.45) is 0.247. The fourth-order valence-corrected chi connectivity index (χ4v) is 1.14. The molecule has 13 heavy (non-hydrogen) atoms.